The summed E-state index contributed by atoms with van der Waals surface area (Å²) in [6.07, 6.45) is 2.43. The van der Waals surface area contributed by atoms with Gasteiger partial charge in [-0.2, -0.15) is 5.26 Å². The molecule has 194 valence electrons. The van der Waals surface area contributed by atoms with E-state index in [1.165, 1.54) is 4.90 Å². The molecule has 1 rings (SSSR count). The van der Waals surface area contributed by atoms with Crippen LogP contribution in [0.4, 0.5) is 4.79 Å². The number of rotatable bonds is 12. The lowest BCUT2D eigenvalue weighted by Gasteiger charge is -2.33. The zero-order chi connectivity index (χ0) is 26.6. The Kier molecular flexibility index (Phi) is 12.3. The number of carbonyl (C=O) groups is 3. The van der Waals surface area contributed by atoms with Gasteiger partial charge in [0, 0.05) is 6.54 Å². The number of alkyl carbamates (subject to hydrolysis) is 1. The van der Waals surface area contributed by atoms with Crippen molar-refractivity contribution in [3.63, 3.8) is 0 Å². The second-order valence-electron chi connectivity index (χ2n) is 10.3. The second kappa shape index (κ2) is 14.3. The molecule has 3 amide bonds. The van der Waals surface area contributed by atoms with Crippen LogP contribution in [0.2, 0.25) is 0 Å². The van der Waals surface area contributed by atoms with Gasteiger partial charge in [0.2, 0.25) is 11.8 Å². The number of nitrogens with zero attached hydrogens (tertiary/aromatic N) is 2. The lowest BCUT2D eigenvalue weighted by atomic mass is 9.98. The highest BCUT2D eigenvalue weighted by atomic mass is 16.6. The number of carbonyl (C=O) groups excluding carboxylic acids is 3. The molecule has 0 bridgehead atoms. The van der Waals surface area contributed by atoms with Crippen molar-refractivity contribution in [2.24, 2.45) is 5.92 Å². The highest BCUT2D eigenvalue weighted by molar-refractivity contribution is 5.92. The van der Waals surface area contributed by atoms with E-state index >= 15 is 0 Å². The second-order valence-corrected chi connectivity index (χ2v) is 10.3. The lowest BCUT2D eigenvalue weighted by Crippen LogP contribution is -2.53. The Balaban J connectivity index is 3.34. The van der Waals surface area contributed by atoms with Crippen LogP contribution >= 0.6 is 0 Å². The molecule has 8 nitrogen and oxygen atoms in total. The summed E-state index contributed by atoms with van der Waals surface area (Å²) in [5, 5.41) is 15.2. The largest absolute Gasteiger partial charge is 0.444 e. The van der Waals surface area contributed by atoms with Crippen LogP contribution in [0.3, 0.4) is 0 Å². The van der Waals surface area contributed by atoms with E-state index in [1.54, 1.807) is 32.9 Å². The Labute approximate surface area is 210 Å². The minimum absolute atomic E-state index is 0.0727. The van der Waals surface area contributed by atoms with E-state index in [0.717, 1.165) is 24.8 Å². The third-order valence-corrected chi connectivity index (χ3v) is 5.25. The molecular weight excluding hydrogens is 444 g/mol. The number of hydrogen-bond acceptors (Lipinski definition) is 5. The summed E-state index contributed by atoms with van der Waals surface area (Å²) in [6.45, 7) is 13.3. The van der Waals surface area contributed by atoms with Crippen molar-refractivity contribution in [1.82, 2.24) is 15.5 Å². The fraction of sp³-hybridized carbons (Fsp3) is 0.630. The number of nitrogens with one attached hydrogen (secondary N) is 2. The number of ether oxygens (including phenoxy) is 1. The van der Waals surface area contributed by atoms with E-state index < -0.39 is 29.7 Å². The maximum atomic E-state index is 13.8. The molecule has 0 spiro atoms. The molecule has 0 heterocycles. The predicted molar refractivity (Wildman–Crippen MR) is 136 cm³/mol. The summed E-state index contributed by atoms with van der Waals surface area (Å²) in [7, 11) is 0. The van der Waals surface area contributed by atoms with Crippen LogP contribution in [0.25, 0.3) is 0 Å². The smallest absolute Gasteiger partial charge is 0.408 e. The molecule has 1 aromatic rings. The fourth-order valence-electron chi connectivity index (χ4n) is 3.62. The van der Waals surface area contributed by atoms with Crippen molar-refractivity contribution in [3.05, 3.63) is 35.4 Å². The van der Waals surface area contributed by atoms with E-state index in [2.05, 4.69) is 17.6 Å². The fourth-order valence-corrected chi connectivity index (χ4v) is 3.62. The van der Waals surface area contributed by atoms with Crippen molar-refractivity contribution in [1.29, 1.82) is 5.26 Å². The Bertz CT molecular complexity index is 869. The first kappa shape index (κ1) is 30.0. The highest BCUT2D eigenvalue weighted by Crippen LogP contribution is 2.24. The normalized spacial score (nSPS) is 12.9. The van der Waals surface area contributed by atoms with Gasteiger partial charge in [-0.25, -0.2) is 4.79 Å². The third kappa shape index (κ3) is 10.8. The monoisotopic (exact) mass is 486 g/mol. The number of amides is 3. The summed E-state index contributed by atoms with van der Waals surface area (Å²) >= 11 is 0. The zero-order valence-electron chi connectivity index (χ0n) is 22.3. The van der Waals surface area contributed by atoms with Crippen molar-refractivity contribution < 1.29 is 19.1 Å². The molecule has 0 aliphatic heterocycles. The Morgan fingerprint density at radius 3 is 2.26 bits per heavy atom. The SMILES string of the molecule is CCCCCNC(=O)C(c1ccc(C)cc1)N(CC#N)C(=O)C(CC(C)C)NC(=O)OC(C)(C)C. The molecule has 0 aliphatic carbocycles. The van der Waals surface area contributed by atoms with Crippen molar-refractivity contribution in [3.8, 4) is 6.07 Å². The van der Waals surface area contributed by atoms with Crippen LogP contribution in [0, 0.1) is 24.2 Å². The first-order valence-corrected chi connectivity index (χ1v) is 12.4. The zero-order valence-corrected chi connectivity index (χ0v) is 22.3. The minimum atomic E-state index is -1.00. The molecule has 0 saturated carbocycles. The average molecular weight is 487 g/mol. The number of benzene rings is 1. The van der Waals surface area contributed by atoms with E-state index in [1.807, 2.05) is 39.0 Å². The summed E-state index contributed by atoms with van der Waals surface area (Å²) in [5.74, 6) is -0.780. The van der Waals surface area contributed by atoms with Crippen LogP contribution in [0.1, 0.15) is 84.4 Å². The van der Waals surface area contributed by atoms with Crippen LogP contribution in [-0.2, 0) is 14.3 Å². The van der Waals surface area contributed by atoms with Crippen LogP contribution in [0.15, 0.2) is 24.3 Å². The topological polar surface area (TPSA) is 112 Å². The Hall–Kier alpha value is -3.08. The van der Waals surface area contributed by atoms with Crippen molar-refractivity contribution in [2.75, 3.05) is 13.1 Å². The van der Waals surface area contributed by atoms with Crippen molar-refractivity contribution >= 4 is 17.9 Å². The summed E-state index contributed by atoms with van der Waals surface area (Å²) in [5.41, 5.74) is 0.885. The Morgan fingerprint density at radius 2 is 1.74 bits per heavy atom. The number of unbranched alkanes of at least 4 members (excludes halogenated alkanes) is 2. The molecule has 2 atom stereocenters. The molecule has 1 aromatic carbocycles. The summed E-state index contributed by atoms with van der Waals surface area (Å²) in [4.78, 5) is 40.9. The molecule has 0 radical (unpaired) electrons. The predicted octanol–water partition coefficient (Wildman–Crippen LogP) is 4.63. The van der Waals surface area contributed by atoms with Gasteiger partial charge < -0.3 is 20.3 Å². The van der Waals surface area contributed by atoms with Crippen LogP contribution in [0.5, 0.6) is 0 Å². The molecule has 2 N–H and O–H groups in total. The van der Waals surface area contributed by atoms with Gasteiger partial charge in [-0.15, -0.1) is 0 Å². The molecule has 2 unspecified atom stereocenters. The van der Waals surface area contributed by atoms with Gasteiger partial charge in [0.1, 0.15) is 24.2 Å². The first-order valence-electron chi connectivity index (χ1n) is 12.4. The quantitative estimate of drug-likeness (QED) is 0.330. The maximum absolute atomic E-state index is 13.8. The van der Waals surface area contributed by atoms with E-state index in [0.29, 0.717) is 18.5 Å². The van der Waals surface area contributed by atoms with E-state index in [-0.39, 0.29) is 18.4 Å². The molecule has 35 heavy (non-hydrogen) atoms. The molecule has 0 aromatic heterocycles. The molecule has 0 fully saturated rings. The summed E-state index contributed by atoms with van der Waals surface area (Å²) < 4.78 is 5.36. The van der Waals surface area contributed by atoms with Gasteiger partial charge in [-0.05, 0) is 52.0 Å². The average Bonchev–Trinajstić information content (AvgIpc) is 2.75. The third-order valence-electron chi connectivity index (χ3n) is 5.25. The van der Waals surface area contributed by atoms with Gasteiger partial charge >= 0.3 is 6.09 Å². The first-order chi connectivity index (χ1) is 16.4. The lowest BCUT2D eigenvalue weighted by molar-refractivity contribution is -0.142. The van der Waals surface area contributed by atoms with Crippen molar-refractivity contribution in [2.45, 2.75) is 91.8 Å². The number of nitriles is 1. The minimum Gasteiger partial charge on any atom is -0.444 e. The summed E-state index contributed by atoms with van der Waals surface area (Å²) in [6, 6.07) is 7.40. The van der Waals surface area contributed by atoms with Crippen LogP contribution < -0.4 is 10.6 Å². The Morgan fingerprint density at radius 1 is 1.11 bits per heavy atom. The van der Waals surface area contributed by atoms with E-state index in [4.69, 9.17) is 4.74 Å². The van der Waals surface area contributed by atoms with Crippen LogP contribution in [-0.4, -0.2) is 47.5 Å². The standard InChI is InChI=1S/C27H42N4O4/c1-8-9-10-16-29-24(32)23(21-13-11-20(4)12-14-21)31(17-15-28)25(33)22(18-19(2)3)30-26(34)35-27(5,6)7/h11-14,19,22-23H,8-10,16-18H2,1-7H3,(H,29,32)(H,30,34). The highest BCUT2D eigenvalue weighted by Gasteiger charge is 2.36. The molecule has 8 heteroatoms. The number of aryl methyl sites for hydroxylation is 1. The maximum Gasteiger partial charge on any atom is 0.408 e. The van der Waals surface area contributed by atoms with E-state index in [9.17, 15) is 19.6 Å². The molecule has 0 saturated heterocycles. The number of hydrogen-bond donors (Lipinski definition) is 2. The van der Waals surface area contributed by atoms with Gasteiger partial charge in [0.15, 0.2) is 0 Å². The molecule has 0 aliphatic rings. The van der Waals surface area contributed by atoms with Gasteiger partial charge in [-0.1, -0.05) is 63.4 Å². The molecular formula is C27H42N4O4. The van der Waals surface area contributed by atoms with Gasteiger partial charge in [0.25, 0.3) is 0 Å². The van der Waals surface area contributed by atoms with Gasteiger partial charge in [-0.3, -0.25) is 9.59 Å². The van der Waals surface area contributed by atoms with Gasteiger partial charge in [0.05, 0.1) is 6.07 Å².